The molecule has 0 saturated heterocycles. The summed E-state index contributed by atoms with van der Waals surface area (Å²) in [5.41, 5.74) is 6.84. The van der Waals surface area contributed by atoms with Crippen molar-refractivity contribution in [2.24, 2.45) is 0 Å². The molecule has 2 aromatic rings. The Hall–Kier alpha value is -2.11. The van der Waals surface area contributed by atoms with Crippen LogP contribution in [0, 0.1) is 0 Å². The molecule has 0 aliphatic carbocycles. The van der Waals surface area contributed by atoms with Gasteiger partial charge in [0.05, 0.1) is 23.2 Å². The molecule has 110 valence electrons. The van der Waals surface area contributed by atoms with Gasteiger partial charge in [-0.25, -0.2) is 4.98 Å². The Morgan fingerprint density at radius 1 is 1.38 bits per heavy atom. The van der Waals surface area contributed by atoms with Gasteiger partial charge in [0.1, 0.15) is 5.82 Å². The van der Waals surface area contributed by atoms with E-state index in [-0.39, 0.29) is 29.4 Å². The molecule has 0 spiro atoms. The highest BCUT2D eigenvalue weighted by atomic mass is 35.5. The summed E-state index contributed by atoms with van der Waals surface area (Å²) in [5.74, 6) is -0.171. The average Bonchev–Trinajstić information content (AvgIpc) is 2.50. The molecule has 4 N–H and O–H groups in total. The minimum absolute atomic E-state index is 0.156. The van der Waals surface area contributed by atoms with Crippen molar-refractivity contribution < 1.29 is 9.90 Å². The second-order valence-electron chi connectivity index (χ2n) is 4.63. The number of nitrogens with zero attached hydrogens (tertiary/aromatic N) is 1. The summed E-state index contributed by atoms with van der Waals surface area (Å²) < 4.78 is 0. The topological polar surface area (TPSA) is 88.2 Å². The Balaban J connectivity index is 2.04. The lowest BCUT2D eigenvalue weighted by atomic mass is 10.1. The SMILES string of the molecule is Nc1ncc(C(=O)N[C@H](CO)Cc2ccccc2)cc1Cl. The van der Waals surface area contributed by atoms with Crippen LogP contribution in [0.4, 0.5) is 5.82 Å². The molecule has 1 amide bonds. The summed E-state index contributed by atoms with van der Waals surface area (Å²) in [6.07, 6.45) is 1.90. The summed E-state index contributed by atoms with van der Waals surface area (Å²) in [6, 6.07) is 10.7. The van der Waals surface area contributed by atoms with Crippen LogP contribution in [0.15, 0.2) is 42.6 Å². The standard InChI is InChI=1S/C15H16ClN3O2/c16-13-7-11(8-18-14(13)17)15(21)19-12(9-20)6-10-4-2-1-3-5-10/h1-5,7-8,12,20H,6,9H2,(H2,17,18)(H,19,21)/t12-/m0/s1. The summed E-state index contributed by atoms with van der Waals surface area (Å²) >= 11 is 5.84. The van der Waals surface area contributed by atoms with E-state index in [0.717, 1.165) is 5.56 Å². The van der Waals surface area contributed by atoms with Gasteiger partial charge in [-0.1, -0.05) is 41.9 Å². The molecule has 1 aromatic carbocycles. The van der Waals surface area contributed by atoms with E-state index in [2.05, 4.69) is 10.3 Å². The minimum Gasteiger partial charge on any atom is -0.394 e. The molecule has 0 aliphatic rings. The first-order chi connectivity index (χ1) is 10.1. The average molecular weight is 306 g/mol. The molecule has 0 aliphatic heterocycles. The van der Waals surface area contributed by atoms with Crippen LogP contribution in [0.25, 0.3) is 0 Å². The van der Waals surface area contributed by atoms with E-state index in [1.807, 2.05) is 30.3 Å². The van der Waals surface area contributed by atoms with Gasteiger partial charge in [0.25, 0.3) is 5.91 Å². The van der Waals surface area contributed by atoms with Gasteiger partial charge < -0.3 is 16.2 Å². The number of carbonyl (C=O) groups is 1. The molecule has 2 rings (SSSR count). The molecule has 0 saturated carbocycles. The maximum absolute atomic E-state index is 12.1. The van der Waals surface area contributed by atoms with Crippen LogP contribution >= 0.6 is 11.6 Å². The number of aliphatic hydroxyl groups excluding tert-OH is 1. The Morgan fingerprint density at radius 2 is 2.10 bits per heavy atom. The highest BCUT2D eigenvalue weighted by Crippen LogP contribution is 2.16. The van der Waals surface area contributed by atoms with Gasteiger partial charge >= 0.3 is 0 Å². The maximum Gasteiger partial charge on any atom is 0.253 e. The first-order valence-electron chi connectivity index (χ1n) is 6.47. The second-order valence-corrected chi connectivity index (χ2v) is 5.04. The highest BCUT2D eigenvalue weighted by Gasteiger charge is 2.15. The molecule has 0 bridgehead atoms. The van der Waals surface area contributed by atoms with Crippen LogP contribution in [0.2, 0.25) is 5.02 Å². The van der Waals surface area contributed by atoms with Crippen molar-refractivity contribution in [2.45, 2.75) is 12.5 Å². The zero-order valence-electron chi connectivity index (χ0n) is 11.3. The third-order valence-corrected chi connectivity index (χ3v) is 3.32. The van der Waals surface area contributed by atoms with Gasteiger partial charge in [0, 0.05) is 6.20 Å². The number of nitrogen functional groups attached to an aromatic ring is 1. The number of halogens is 1. The van der Waals surface area contributed by atoms with E-state index in [1.54, 1.807) is 0 Å². The van der Waals surface area contributed by atoms with E-state index < -0.39 is 0 Å². The van der Waals surface area contributed by atoms with Crippen LogP contribution in [0.5, 0.6) is 0 Å². The van der Waals surface area contributed by atoms with Crippen LogP contribution in [0.3, 0.4) is 0 Å². The van der Waals surface area contributed by atoms with Crippen molar-refractivity contribution in [3.63, 3.8) is 0 Å². The Morgan fingerprint density at radius 3 is 2.71 bits per heavy atom. The number of carbonyl (C=O) groups excluding carboxylic acids is 1. The molecular weight excluding hydrogens is 290 g/mol. The van der Waals surface area contributed by atoms with E-state index in [4.69, 9.17) is 17.3 Å². The number of pyridine rings is 1. The summed E-state index contributed by atoms with van der Waals surface area (Å²) in [4.78, 5) is 15.9. The molecule has 5 nitrogen and oxygen atoms in total. The largest absolute Gasteiger partial charge is 0.394 e. The maximum atomic E-state index is 12.1. The Labute approximate surface area is 127 Å². The fourth-order valence-electron chi connectivity index (χ4n) is 1.90. The van der Waals surface area contributed by atoms with E-state index in [1.165, 1.54) is 12.3 Å². The van der Waals surface area contributed by atoms with Gasteiger partial charge in [-0.2, -0.15) is 0 Å². The summed E-state index contributed by atoms with van der Waals surface area (Å²) in [7, 11) is 0. The molecule has 21 heavy (non-hydrogen) atoms. The van der Waals surface area contributed by atoms with Crippen LogP contribution < -0.4 is 11.1 Å². The van der Waals surface area contributed by atoms with E-state index in [0.29, 0.717) is 12.0 Å². The van der Waals surface area contributed by atoms with Crippen molar-refractivity contribution in [3.05, 3.63) is 58.7 Å². The number of hydrogen-bond donors (Lipinski definition) is 3. The summed E-state index contributed by atoms with van der Waals surface area (Å²) in [6.45, 7) is -0.156. The molecule has 1 heterocycles. The first-order valence-corrected chi connectivity index (χ1v) is 6.84. The lowest BCUT2D eigenvalue weighted by Gasteiger charge is -2.16. The molecule has 1 aromatic heterocycles. The predicted molar refractivity (Wildman–Crippen MR) is 82.1 cm³/mol. The van der Waals surface area contributed by atoms with Crippen molar-refractivity contribution >= 4 is 23.3 Å². The number of amides is 1. The molecule has 6 heteroatoms. The fourth-order valence-corrected chi connectivity index (χ4v) is 2.07. The number of aliphatic hydroxyl groups is 1. The fraction of sp³-hybridized carbons (Fsp3) is 0.200. The van der Waals surface area contributed by atoms with Gasteiger partial charge in [0.15, 0.2) is 0 Å². The van der Waals surface area contributed by atoms with Gasteiger partial charge in [-0.15, -0.1) is 0 Å². The quantitative estimate of drug-likeness (QED) is 0.784. The predicted octanol–water partition coefficient (Wildman–Crippen LogP) is 1.65. The second kappa shape index (κ2) is 7.06. The zero-order valence-corrected chi connectivity index (χ0v) is 12.0. The zero-order chi connectivity index (χ0) is 15.2. The highest BCUT2D eigenvalue weighted by molar-refractivity contribution is 6.33. The number of benzene rings is 1. The van der Waals surface area contributed by atoms with Crippen molar-refractivity contribution in [2.75, 3.05) is 12.3 Å². The molecule has 0 radical (unpaired) electrons. The number of aromatic nitrogens is 1. The Kier molecular flexibility index (Phi) is 5.14. The first kappa shape index (κ1) is 15.3. The number of rotatable bonds is 5. The molecular formula is C15H16ClN3O2. The van der Waals surface area contributed by atoms with Crippen molar-refractivity contribution in [1.29, 1.82) is 0 Å². The summed E-state index contributed by atoms with van der Waals surface area (Å²) in [5, 5.41) is 12.4. The molecule has 0 unspecified atom stereocenters. The van der Waals surface area contributed by atoms with Gasteiger partial charge in [0.2, 0.25) is 0 Å². The van der Waals surface area contributed by atoms with Crippen LogP contribution in [-0.4, -0.2) is 28.6 Å². The number of nitrogens with one attached hydrogen (secondary N) is 1. The number of nitrogens with two attached hydrogens (primary N) is 1. The third kappa shape index (κ3) is 4.18. The number of hydrogen-bond acceptors (Lipinski definition) is 4. The monoisotopic (exact) mass is 305 g/mol. The number of anilines is 1. The van der Waals surface area contributed by atoms with E-state index >= 15 is 0 Å². The smallest absolute Gasteiger partial charge is 0.253 e. The van der Waals surface area contributed by atoms with Crippen LogP contribution in [-0.2, 0) is 6.42 Å². The molecule has 0 fully saturated rings. The third-order valence-electron chi connectivity index (χ3n) is 3.01. The normalized spacial score (nSPS) is 11.9. The Bertz CT molecular complexity index is 620. The van der Waals surface area contributed by atoms with E-state index in [9.17, 15) is 9.90 Å². The van der Waals surface area contributed by atoms with Crippen LogP contribution in [0.1, 0.15) is 15.9 Å². The van der Waals surface area contributed by atoms with Gasteiger partial charge in [-0.05, 0) is 18.1 Å². The lowest BCUT2D eigenvalue weighted by molar-refractivity contribution is 0.0916. The van der Waals surface area contributed by atoms with Gasteiger partial charge in [-0.3, -0.25) is 4.79 Å². The lowest BCUT2D eigenvalue weighted by Crippen LogP contribution is -2.39. The van der Waals surface area contributed by atoms with Crippen molar-refractivity contribution in [1.82, 2.24) is 10.3 Å². The van der Waals surface area contributed by atoms with Crippen molar-refractivity contribution in [3.8, 4) is 0 Å². The molecule has 1 atom stereocenters. The minimum atomic E-state index is -0.378.